The van der Waals surface area contributed by atoms with E-state index >= 15 is 0 Å². The van der Waals surface area contributed by atoms with Crippen molar-refractivity contribution in [2.24, 2.45) is 0 Å². The van der Waals surface area contributed by atoms with Crippen molar-refractivity contribution in [1.29, 1.82) is 0 Å². The quantitative estimate of drug-likeness (QED) is 0.725. The molecule has 140 valence electrons. The monoisotopic (exact) mass is 414 g/mol. The van der Waals surface area contributed by atoms with E-state index in [-0.39, 0.29) is 21.5 Å². The fraction of sp³-hybridized carbons (Fsp3) is 0.278. The van der Waals surface area contributed by atoms with Crippen LogP contribution in [-0.2, 0) is 16.4 Å². The Morgan fingerprint density at radius 1 is 1.12 bits per heavy atom. The highest BCUT2D eigenvalue weighted by Gasteiger charge is 2.19. The number of hydrogen-bond donors (Lipinski definition) is 2. The molecule has 0 aliphatic carbocycles. The summed E-state index contributed by atoms with van der Waals surface area (Å²) >= 11 is 12.0. The molecule has 0 saturated carbocycles. The molecule has 0 fully saturated rings. The Hall–Kier alpha value is -1.60. The minimum atomic E-state index is -3.70. The number of nitrogens with one attached hydrogen (secondary N) is 2. The molecule has 26 heavy (non-hydrogen) atoms. The summed E-state index contributed by atoms with van der Waals surface area (Å²) in [6, 6.07) is 11.2. The van der Waals surface area contributed by atoms with Crippen LogP contribution in [0.25, 0.3) is 0 Å². The minimum Gasteiger partial charge on any atom is -0.352 e. The van der Waals surface area contributed by atoms with Crippen LogP contribution >= 0.6 is 23.2 Å². The molecule has 8 heteroatoms. The van der Waals surface area contributed by atoms with Gasteiger partial charge in [0.25, 0.3) is 5.91 Å². The van der Waals surface area contributed by atoms with E-state index in [0.717, 1.165) is 5.56 Å². The maximum absolute atomic E-state index is 12.4. The van der Waals surface area contributed by atoms with E-state index in [1.54, 1.807) is 19.9 Å². The first-order valence-corrected chi connectivity index (χ1v) is 10.3. The number of hydrogen-bond acceptors (Lipinski definition) is 3. The summed E-state index contributed by atoms with van der Waals surface area (Å²) in [5, 5.41) is 3.57. The Morgan fingerprint density at radius 2 is 1.85 bits per heavy atom. The molecule has 2 aromatic carbocycles. The van der Waals surface area contributed by atoms with Gasteiger partial charge in [0.05, 0.1) is 15.5 Å². The van der Waals surface area contributed by atoms with Crippen molar-refractivity contribution in [3.63, 3.8) is 0 Å². The van der Waals surface area contributed by atoms with Gasteiger partial charge in [-0.15, -0.1) is 0 Å². The summed E-state index contributed by atoms with van der Waals surface area (Å²) in [6.45, 7) is 3.81. The molecule has 0 bridgehead atoms. The molecule has 0 spiro atoms. The first-order valence-electron chi connectivity index (χ1n) is 8.03. The van der Waals surface area contributed by atoms with E-state index in [4.69, 9.17) is 23.2 Å². The van der Waals surface area contributed by atoms with Gasteiger partial charge in [0.15, 0.2) is 0 Å². The minimum absolute atomic E-state index is 0.00408. The van der Waals surface area contributed by atoms with Crippen molar-refractivity contribution < 1.29 is 13.2 Å². The zero-order valence-corrected chi connectivity index (χ0v) is 16.8. The van der Waals surface area contributed by atoms with Gasteiger partial charge in [-0.05, 0) is 56.2 Å². The molecule has 0 heterocycles. The average molecular weight is 415 g/mol. The number of amides is 1. The van der Waals surface area contributed by atoms with Crippen molar-refractivity contribution in [2.75, 3.05) is 6.54 Å². The fourth-order valence-electron chi connectivity index (χ4n) is 2.33. The van der Waals surface area contributed by atoms with E-state index in [1.807, 2.05) is 18.2 Å². The van der Waals surface area contributed by atoms with Gasteiger partial charge in [0.1, 0.15) is 0 Å². The van der Waals surface area contributed by atoms with Gasteiger partial charge < -0.3 is 5.32 Å². The fourth-order valence-corrected chi connectivity index (χ4v) is 4.03. The molecule has 2 rings (SSSR count). The summed E-state index contributed by atoms with van der Waals surface area (Å²) in [5.74, 6) is -0.432. The van der Waals surface area contributed by atoms with Crippen LogP contribution in [0.15, 0.2) is 47.4 Å². The maximum Gasteiger partial charge on any atom is 0.252 e. The molecule has 2 aromatic rings. The predicted molar refractivity (Wildman–Crippen MR) is 104 cm³/mol. The third-order valence-electron chi connectivity index (χ3n) is 3.47. The van der Waals surface area contributed by atoms with Crippen LogP contribution in [0, 0.1) is 0 Å². The lowest BCUT2D eigenvalue weighted by molar-refractivity contribution is 0.0954. The standard InChI is InChI=1S/C18H20Cl2N2O3S/c1-12(2)22-26(24,25)15-6-7-17(20)16(11-15)18(23)21-9-8-13-4-3-5-14(19)10-13/h3-7,10-12,22H,8-9H2,1-2H3,(H,21,23). The second-order valence-corrected chi connectivity index (χ2v) is 8.61. The lowest BCUT2D eigenvalue weighted by Gasteiger charge is -2.12. The molecule has 0 radical (unpaired) electrons. The summed E-state index contributed by atoms with van der Waals surface area (Å²) in [4.78, 5) is 12.4. The molecule has 0 aromatic heterocycles. The number of rotatable bonds is 7. The normalized spacial score (nSPS) is 11.6. The number of halogens is 2. The smallest absolute Gasteiger partial charge is 0.252 e. The van der Waals surface area contributed by atoms with Gasteiger partial charge in [0.2, 0.25) is 10.0 Å². The molecule has 0 aliphatic rings. The van der Waals surface area contributed by atoms with Crippen molar-refractivity contribution >= 4 is 39.1 Å². The molecule has 0 atom stereocenters. The molecular weight excluding hydrogens is 395 g/mol. The molecule has 1 amide bonds. The average Bonchev–Trinajstić information content (AvgIpc) is 2.53. The Kier molecular flexibility index (Phi) is 7.06. The second kappa shape index (κ2) is 8.86. The van der Waals surface area contributed by atoms with Gasteiger partial charge in [-0.25, -0.2) is 13.1 Å². The summed E-state index contributed by atoms with van der Waals surface area (Å²) in [7, 11) is -3.70. The van der Waals surface area contributed by atoms with Crippen LogP contribution in [0.2, 0.25) is 10.0 Å². The van der Waals surface area contributed by atoms with Crippen LogP contribution < -0.4 is 10.0 Å². The van der Waals surface area contributed by atoms with E-state index in [9.17, 15) is 13.2 Å². The lowest BCUT2D eigenvalue weighted by Crippen LogP contribution is -2.31. The highest BCUT2D eigenvalue weighted by atomic mass is 35.5. The van der Waals surface area contributed by atoms with Gasteiger partial charge in [0, 0.05) is 17.6 Å². The molecule has 0 unspecified atom stereocenters. The van der Waals surface area contributed by atoms with Crippen LogP contribution in [0.5, 0.6) is 0 Å². The van der Waals surface area contributed by atoms with Crippen molar-refractivity contribution in [3.05, 3.63) is 63.6 Å². The summed E-state index contributed by atoms with van der Waals surface area (Å²) in [6.07, 6.45) is 0.594. The molecule has 0 aliphatic heterocycles. The Morgan fingerprint density at radius 3 is 2.50 bits per heavy atom. The third kappa shape index (κ3) is 5.71. The Bertz CT molecular complexity index is 899. The van der Waals surface area contributed by atoms with Gasteiger partial charge in [-0.2, -0.15) is 0 Å². The van der Waals surface area contributed by atoms with E-state index in [2.05, 4.69) is 10.0 Å². The van der Waals surface area contributed by atoms with E-state index < -0.39 is 15.9 Å². The lowest BCUT2D eigenvalue weighted by atomic mass is 10.1. The Labute approximate surface area is 163 Å². The van der Waals surface area contributed by atoms with Crippen LogP contribution in [0.3, 0.4) is 0 Å². The number of carbonyl (C=O) groups is 1. The van der Waals surface area contributed by atoms with Crippen LogP contribution in [0.4, 0.5) is 0 Å². The van der Waals surface area contributed by atoms with Gasteiger partial charge in [-0.1, -0.05) is 35.3 Å². The zero-order chi connectivity index (χ0) is 19.3. The molecular formula is C18H20Cl2N2O3S. The zero-order valence-electron chi connectivity index (χ0n) is 14.4. The first-order chi connectivity index (χ1) is 12.2. The highest BCUT2D eigenvalue weighted by molar-refractivity contribution is 7.89. The third-order valence-corrected chi connectivity index (χ3v) is 5.69. The number of carbonyl (C=O) groups excluding carboxylic acids is 1. The van der Waals surface area contributed by atoms with Crippen molar-refractivity contribution in [2.45, 2.75) is 31.2 Å². The van der Waals surface area contributed by atoms with E-state index in [1.165, 1.54) is 18.2 Å². The van der Waals surface area contributed by atoms with Crippen LogP contribution in [0.1, 0.15) is 29.8 Å². The topological polar surface area (TPSA) is 75.3 Å². The van der Waals surface area contributed by atoms with Crippen molar-refractivity contribution in [1.82, 2.24) is 10.0 Å². The molecule has 0 saturated heterocycles. The van der Waals surface area contributed by atoms with Gasteiger partial charge in [-0.3, -0.25) is 4.79 Å². The van der Waals surface area contributed by atoms with Gasteiger partial charge >= 0.3 is 0 Å². The largest absolute Gasteiger partial charge is 0.352 e. The number of benzene rings is 2. The molecule has 5 nitrogen and oxygen atoms in total. The predicted octanol–water partition coefficient (Wildman–Crippen LogP) is 3.65. The SMILES string of the molecule is CC(C)NS(=O)(=O)c1ccc(Cl)c(C(=O)NCCc2cccc(Cl)c2)c1. The summed E-state index contributed by atoms with van der Waals surface area (Å²) in [5.41, 5.74) is 1.10. The Balaban J connectivity index is 2.09. The number of sulfonamides is 1. The van der Waals surface area contributed by atoms with E-state index in [0.29, 0.717) is 18.0 Å². The van der Waals surface area contributed by atoms with Crippen molar-refractivity contribution in [3.8, 4) is 0 Å². The summed E-state index contributed by atoms with van der Waals surface area (Å²) < 4.78 is 27.0. The second-order valence-electron chi connectivity index (χ2n) is 6.05. The van der Waals surface area contributed by atoms with Crippen LogP contribution in [-0.4, -0.2) is 26.9 Å². The molecule has 2 N–H and O–H groups in total. The highest BCUT2D eigenvalue weighted by Crippen LogP contribution is 2.21. The maximum atomic E-state index is 12.4. The first kappa shape index (κ1) is 20.7.